The molecule has 0 bridgehead atoms. The van der Waals surface area contributed by atoms with Gasteiger partial charge >= 0.3 is 6.09 Å². The number of amides is 1. The molecule has 1 aliphatic rings. The van der Waals surface area contributed by atoms with E-state index in [1.807, 2.05) is 20.8 Å². The van der Waals surface area contributed by atoms with E-state index in [9.17, 15) is 4.79 Å². The Bertz CT molecular complexity index is 440. The number of rotatable bonds is 3. The third kappa shape index (κ3) is 5.38. The number of ether oxygens (including phenoxy) is 1. The Morgan fingerprint density at radius 3 is 2.95 bits per heavy atom. The lowest BCUT2D eigenvalue weighted by Crippen LogP contribution is -2.38. The van der Waals surface area contributed by atoms with E-state index in [0.717, 1.165) is 38.1 Å². The fraction of sp³-hybridized carbons (Fsp3) is 0.733. The van der Waals surface area contributed by atoms with Crippen LogP contribution in [0.4, 0.5) is 4.79 Å². The normalized spacial score (nSPS) is 20.1. The van der Waals surface area contributed by atoms with Gasteiger partial charge in [0.25, 0.3) is 0 Å². The van der Waals surface area contributed by atoms with Gasteiger partial charge in [0, 0.05) is 19.1 Å². The molecule has 1 amide bonds. The summed E-state index contributed by atoms with van der Waals surface area (Å²) in [6.07, 6.45) is 5.90. The van der Waals surface area contributed by atoms with Crippen molar-refractivity contribution in [1.82, 2.24) is 15.2 Å². The van der Waals surface area contributed by atoms with Gasteiger partial charge in [-0.05, 0) is 40.0 Å². The van der Waals surface area contributed by atoms with E-state index in [-0.39, 0.29) is 6.09 Å². The van der Waals surface area contributed by atoms with Gasteiger partial charge in [0.15, 0.2) is 6.39 Å². The van der Waals surface area contributed by atoms with E-state index in [0.29, 0.717) is 12.6 Å². The zero-order chi connectivity index (χ0) is 15.3. The van der Waals surface area contributed by atoms with Crippen LogP contribution in [0.2, 0.25) is 0 Å². The van der Waals surface area contributed by atoms with Crippen LogP contribution in [0, 0.1) is 0 Å². The zero-order valence-corrected chi connectivity index (χ0v) is 13.1. The van der Waals surface area contributed by atoms with E-state index < -0.39 is 5.60 Å². The van der Waals surface area contributed by atoms with E-state index >= 15 is 0 Å². The smallest absolute Gasteiger partial charge is 0.410 e. The first kappa shape index (κ1) is 15.8. The second-order valence-corrected chi connectivity index (χ2v) is 6.44. The SMILES string of the molecule is CC(C)(C)OC(=O)N1CCCC(NCc2cnco2)CC1. The highest BCUT2D eigenvalue weighted by molar-refractivity contribution is 5.68. The topological polar surface area (TPSA) is 67.6 Å². The second-order valence-electron chi connectivity index (χ2n) is 6.44. The van der Waals surface area contributed by atoms with Gasteiger partial charge in [-0.2, -0.15) is 0 Å². The van der Waals surface area contributed by atoms with Crippen molar-refractivity contribution in [1.29, 1.82) is 0 Å². The molecule has 2 heterocycles. The summed E-state index contributed by atoms with van der Waals surface area (Å²) in [7, 11) is 0. The highest BCUT2D eigenvalue weighted by Gasteiger charge is 2.25. The Hall–Kier alpha value is -1.56. The van der Waals surface area contributed by atoms with Crippen molar-refractivity contribution in [2.24, 2.45) is 0 Å². The van der Waals surface area contributed by atoms with Crippen molar-refractivity contribution >= 4 is 6.09 Å². The molecule has 1 atom stereocenters. The van der Waals surface area contributed by atoms with E-state index in [1.54, 1.807) is 11.1 Å². The Kier molecular flexibility index (Phi) is 5.22. The summed E-state index contributed by atoms with van der Waals surface area (Å²) in [4.78, 5) is 17.8. The van der Waals surface area contributed by atoms with Crippen LogP contribution in [0.25, 0.3) is 0 Å². The maximum atomic E-state index is 12.1. The zero-order valence-electron chi connectivity index (χ0n) is 13.1. The molecule has 1 fully saturated rings. The number of aromatic nitrogens is 1. The summed E-state index contributed by atoms with van der Waals surface area (Å²) in [5, 5.41) is 3.46. The summed E-state index contributed by atoms with van der Waals surface area (Å²) in [6.45, 7) is 7.84. The molecule has 1 aliphatic heterocycles. The van der Waals surface area contributed by atoms with Crippen LogP contribution in [0.5, 0.6) is 0 Å². The van der Waals surface area contributed by atoms with Crippen LogP contribution in [0.15, 0.2) is 17.0 Å². The molecule has 6 nitrogen and oxygen atoms in total. The maximum absolute atomic E-state index is 12.1. The summed E-state index contributed by atoms with van der Waals surface area (Å²) >= 11 is 0. The molecule has 1 N–H and O–H groups in total. The summed E-state index contributed by atoms with van der Waals surface area (Å²) < 4.78 is 10.6. The molecular weight excluding hydrogens is 270 g/mol. The lowest BCUT2D eigenvalue weighted by molar-refractivity contribution is 0.0256. The molecule has 1 aromatic heterocycles. The van der Waals surface area contributed by atoms with Gasteiger partial charge in [-0.25, -0.2) is 9.78 Å². The Morgan fingerprint density at radius 2 is 2.29 bits per heavy atom. The number of likely N-dealkylation sites (tertiary alicyclic amines) is 1. The van der Waals surface area contributed by atoms with Crippen molar-refractivity contribution in [2.45, 2.75) is 58.2 Å². The number of hydrogen-bond acceptors (Lipinski definition) is 5. The fourth-order valence-electron chi connectivity index (χ4n) is 2.38. The van der Waals surface area contributed by atoms with Gasteiger partial charge in [-0.3, -0.25) is 0 Å². The molecule has 21 heavy (non-hydrogen) atoms. The van der Waals surface area contributed by atoms with Crippen molar-refractivity contribution < 1.29 is 13.9 Å². The molecule has 1 aromatic rings. The molecule has 0 aliphatic carbocycles. The Labute approximate surface area is 125 Å². The highest BCUT2D eigenvalue weighted by atomic mass is 16.6. The molecular formula is C15H25N3O3. The average Bonchev–Trinajstić information content (AvgIpc) is 2.78. The molecule has 1 unspecified atom stereocenters. The fourth-order valence-corrected chi connectivity index (χ4v) is 2.38. The third-order valence-corrected chi connectivity index (χ3v) is 3.43. The Balaban J connectivity index is 1.77. The van der Waals surface area contributed by atoms with Crippen LogP contribution < -0.4 is 5.32 Å². The van der Waals surface area contributed by atoms with Crippen molar-refractivity contribution in [3.8, 4) is 0 Å². The standard InChI is InChI=1S/C15H25N3O3/c1-15(2,3)21-14(19)18-7-4-5-12(6-8-18)17-10-13-9-16-11-20-13/h9,11-12,17H,4-8,10H2,1-3H3. The van der Waals surface area contributed by atoms with Crippen molar-refractivity contribution in [3.63, 3.8) is 0 Å². The van der Waals surface area contributed by atoms with E-state index in [1.165, 1.54) is 6.39 Å². The number of nitrogens with one attached hydrogen (secondary N) is 1. The molecule has 118 valence electrons. The minimum absolute atomic E-state index is 0.210. The summed E-state index contributed by atoms with van der Waals surface area (Å²) in [6, 6.07) is 0.391. The van der Waals surface area contributed by atoms with Crippen molar-refractivity contribution in [3.05, 3.63) is 18.4 Å². The molecule has 0 saturated carbocycles. The van der Waals surface area contributed by atoms with Crippen LogP contribution in [-0.2, 0) is 11.3 Å². The first-order chi connectivity index (χ1) is 9.94. The van der Waals surface area contributed by atoms with Crippen LogP contribution in [-0.4, -0.2) is 40.7 Å². The monoisotopic (exact) mass is 295 g/mol. The quantitative estimate of drug-likeness (QED) is 0.928. The molecule has 0 radical (unpaired) electrons. The van der Waals surface area contributed by atoms with Gasteiger partial charge < -0.3 is 19.4 Å². The minimum atomic E-state index is -0.437. The average molecular weight is 295 g/mol. The molecule has 0 aromatic carbocycles. The van der Waals surface area contributed by atoms with Crippen LogP contribution in [0.3, 0.4) is 0 Å². The molecule has 0 spiro atoms. The third-order valence-electron chi connectivity index (χ3n) is 3.43. The predicted octanol–water partition coefficient (Wildman–Crippen LogP) is 2.55. The summed E-state index contributed by atoms with van der Waals surface area (Å²) in [5.74, 6) is 0.836. The summed E-state index contributed by atoms with van der Waals surface area (Å²) in [5.41, 5.74) is -0.437. The minimum Gasteiger partial charge on any atom is -0.447 e. The van der Waals surface area contributed by atoms with Gasteiger partial charge in [-0.15, -0.1) is 0 Å². The first-order valence-electron chi connectivity index (χ1n) is 7.53. The molecule has 2 rings (SSSR count). The second kappa shape index (κ2) is 6.93. The lowest BCUT2D eigenvalue weighted by atomic mass is 10.1. The molecule has 6 heteroatoms. The van der Waals surface area contributed by atoms with Crippen molar-refractivity contribution in [2.75, 3.05) is 13.1 Å². The Morgan fingerprint density at radius 1 is 1.48 bits per heavy atom. The van der Waals surface area contributed by atoms with Crippen LogP contribution >= 0.6 is 0 Å². The van der Waals surface area contributed by atoms with Gasteiger partial charge in [0.2, 0.25) is 0 Å². The highest BCUT2D eigenvalue weighted by Crippen LogP contribution is 2.16. The van der Waals surface area contributed by atoms with E-state index in [2.05, 4.69) is 10.3 Å². The number of carbonyl (C=O) groups is 1. The van der Waals surface area contributed by atoms with Gasteiger partial charge in [0.1, 0.15) is 11.4 Å². The van der Waals surface area contributed by atoms with Gasteiger partial charge in [-0.1, -0.05) is 0 Å². The number of nitrogens with zero attached hydrogens (tertiary/aromatic N) is 2. The lowest BCUT2D eigenvalue weighted by Gasteiger charge is -2.26. The first-order valence-corrected chi connectivity index (χ1v) is 7.53. The molecule has 1 saturated heterocycles. The maximum Gasteiger partial charge on any atom is 0.410 e. The number of hydrogen-bond donors (Lipinski definition) is 1. The number of carbonyl (C=O) groups excluding carboxylic acids is 1. The van der Waals surface area contributed by atoms with Crippen LogP contribution in [0.1, 0.15) is 45.8 Å². The largest absolute Gasteiger partial charge is 0.447 e. The number of oxazole rings is 1. The predicted molar refractivity (Wildman–Crippen MR) is 78.8 cm³/mol. The van der Waals surface area contributed by atoms with E-state index in [4.69, 9.17) is 9.15 Å². The van der Waals surface area contributed by atoms with Gasteiger partial charge in [0.05, 0.1) is 12.7 Å².